The molecule has 3 N–H and O–H groups in total. The summed E-state index contributed by atoms with van der Waals surface area (Å²) in [5, 5.41) is 24.7. The van der Waals surface area contributed by atoms with E-state index in [2.05, 4.69) is 27.4 Å². The fourth-order valence-electron chi connectivity index (χ4n) is 4.25. The van der Waals surface area contributed by atoms with Crippen molar-refractivity contribution in [3.8, 4) is 11.6 Å². The monoisotopic (exact) mass is 489 g/mol. The van der Waals surface area contributed by atoms with Crippen molar-refractivity contribution in [2.45, 2.75) is 70.7 Å². The Labute approximate surface area is 201 Å². The van der Waals surface area contributed by atoms with Gasteiger partial charge in [0, 0.05) is 17.1 Å². The van der Waals surface area contributed by atoms with E-state index in [0.29, 0.717) is 23.3 Å². The van der Waals surface area contributed by atoms with Crippen LogP contribution in [0.3, 0.4) is 0 Å². The number of aromatic nitrogens is 3. The molecule has 7 nitrogen and oxygen atoms in total. The first-order valence-corrected chi connectivity index (χ1v) is 11.5. The van der Waals surface area contributed by atoms with E-state index >= 15 is 0 Å². The number of aliphatic hydroxyl groups excluding tert-OH is 1. The standard InChI is InChI=1S/C25H30F3N5O2/c1-13-6-7-15(11-20(13)34)30-23-33-32-22(35-23)19-8-14(2)17-9-16(29-12-25(26,27)28)10-18(21(17)31-19)24(3,4)5/h8-10,15,20,29,34H,1,6-7,11-12H2,2-5H3,(H,30,33). The number of nitrogens with zero attached hydrogens (tertiary/aromatic N) is 3. The number of aliphatic hydroxyl groups is 1. The zero-order valence-corrected chi connectivity index (χ0v) is 20.3. The van der Waals surface area contributed by atoms with E-state index in [1.165, 1.54) is 0 Å². The quantitative estimate of drug-likeness (QED) is 0.393. The molecular formula is C25H30F3N5O2. The molecule has 1 aliphatic carbocycles. The van der Waals surface area contributed by atoms with Crippen molar-refractivity contribution in [3.05, 3.63) is 41.5 Å². The van der Waals surface area contributed by atoms with Gasteiger partial charge in [0.05, 0.1) is 11.6 Å². The van der Waals surface area contributed by atoms with Crippen LogP contribution in [0.25, 0.3) is 22.5 Å². The van der Waals surface area contributed by atoms with E-state index in [9.17, 15) is 18.3 Å². The minimum atomic E-state index is -4.32. The molecule has 1 aliphatic rings. The molecule has 188 valence electrons. The maximum Gasteiger partial charge on any atom is 0.405 e. The van der Waals surface area contributed by atoms with Crippen molar-refractivity contribution >= 4 is 22.6 Å². The van der Waals surface area contributed by atoms with Crippen molar-refractivity contribution in [3.63, 3.8) is 0 Å². The van der Waals surface area contributed by atoms with E-state index in [-0.39, 0.29) is 23.4 Å². The van der Waals surface area contributed by atoms with Crippen LogP contribution in [0.4, 0.5) is 24.9 Å². The van der Waals surface area contributed by atoms with Crippen LogP contribution in [-0.4, -0.2) is 45.2 Å². The summed E-state index contributed by atoms with van der Waals surface area (Å²) in [7, 11) is 0. The second-order valence-corrected chi connectivity index (χ2v) is 10.2. The van der Waals surface area contributed by atoms with Crippen LogP contribution >= 0.6 is 0 Å². The molecule has 0 radical (unpaired) electrons. The molecule has 1 saturated carbocycles. The summed E-state index contributed by atoms with van der Waals surface area (Å²) in [5.74, 6) is 0.234. The molecule has 10 heteroatoms. The van der Waals surface area contributed by atoms with Gasteiger partial charge in [0.25, 0.3) is 5.89 Å². The molecule has 3 aromatic rings. The van der Waals surface area contributed by atoms with Crippen LogP contribution in [0.1, 0.15) is 51.2 Å². The number of alkyl halides is 3. The summed E-state index contributed by atoms with van der Waals surface area (Å²) >= 11 is 0. The average Bonchev–Trinajstić information content (AvgIpc) is 3.22. The summed E-state index contributed by atoms with van der Waals surface area (Å²) in [6.45, 7) is 10.6. The third-order valence-electron chi connectivity index (χ3n) is 6.19. The van der Waals surface area contributed by atoms with Crippen LogP contribution in [0.15, 0.2) is 34.8 Å². The van der Waals surface area contributed by atoms with Gasteiger partial charge in [0.2, 0.25) is 0 Å². The lowest BCUT2D eigenvalue weighted by molar-refractivity contribution is -0.115. The van der Waals surface area contributed by atoms with Crippen molar-refractivity contribution in [1.29, 1.82) is 0 Å². The molecule has 2 atom stereocenters. The highest BCUT2D eigenvalue weighted by atomic mass is 19.4. The Morgan fingerprint density at radius 2 is 1.91 bits per heavy atom. The van der Waals surface area contributed by atoms with Gasteiger partial charge in [0.1, 0.15) is 12.2 Å². The van der Waals surface area contributed by atoms with Crippen LogP contribution in [-0.2, 0) is 5.41 Å². The fraction of sp³-hybridized carbons (Fsp3) is 0.480. The Balaban J connectivity index is 1.66. The normalized spacial score (nSPS) is 19.3. The first-order chi connectivity index (χ1) is 16.3. The Hall–Kier alpha value is -3.14. The maximum atomic E-state index is 12.8. The van der Waals surface area contributed by atoms with E-state index in [4.69, 9.17) is 9.40 Å². The Kier molecular flexibility index (Phi) is 6.52. The molecule has 0 aliphatic heterocycles. The Bertz CT molecular complexity index is 1250. The van der Waals surface area contributed by atoms with Gasteiger partial charge >= 0.3 is 12.2 Å². The minimum absolute atomic E-state index is 0.00906. The van der Waals surface area contributed by atoms with E-state index in [0.717, 1.165) is 34.9 Å². The number of pyridine rings is 1. The summed E-state index contributed by atoms with van der Waals surface area (Å²) in [6.07, 6.45) is -2.83. The first kappa shape index (κ1) is 25.0. The highest BCUT2D eigenvalue weighted by Gasteiger charge is 2.28. The number of nitrogens with one attached hydrogen (secondary N) is 2. The van der Waals surface area contributed by atoms with Crippen molar-refractivity contribution < 1.29 is 22.7 Å². The molecule has 0 amide bonds. The fourth-order valence-corrected chi connectivity index (χ4v) is 4.25. The van der Waals surface area contributed by atoms with Gasteiger partial charge in [-0.25, -0.2) is 4.98 Å². The maximum absolute atomic E-state index is 12.8. The summed E-state index contributed by atoms with van der Waals surface area (Å²) in [5.41, 5.74) is 3.63. The number of rotatable bonds is 5. The third kappa shape index (κ3) is 5.75. The molecular weight excluding hydrogens is 459 g/mol. The minimum Gasteiger partial charge on any atom is -0.402 e. The van der Waals surface area contributed by atoms with Gasteiger partial charge in [-0.3, -0.25) is 0 Å². The summed E-state index contributed by atoms with van der Waals surface area (Å²) in [4.78, 5) is 4.78. The molecule has 2 aromatic heterocycles. The Morgan fingerprint density at radius 3 is 2.57 bits per heavy atom. The molecule has 0 spiro atoms. The van der Waals surface area contributed by atoms with Crippen molar-refractivity contribution in [2.24, 2.45) is 0 Å². The van der Waals surface area contributed by atoms with Gasteiger partial charge in [-0.1, -0.05) is 32.4 Å². The van der Waals surface area contributed by atoms with Gasteiger partial charge in [-0.05, 0) is 66.5 Å². The molecule has 1 aromatic carbocycles. The topological polar surface area (TPSA) is 96.1 Å². The van der Waals surface area contributed by atoms with Crippen LogP contribution in [0, 0.1) is 6.92 Å². The molecule has 4 rings (SSSR count). The lowest BCUT2D eigenvalue weighted by Crippen LogP contribution is -2.31. The lowest BCUT2D eigenvalue weighted by Gasteiger charge is -2.27. The number of halogens is 3. The number of anilines is 2. The second-order valence-electron chi connectivity index (χ2n) is 10.2. The zero-order chi connectivity index (χ0) is 25.5. The number of hydrogen-bond donors (Lipinski definition) is 3. The third-order valence-corrected chi connectivity index (χ3v) is 6.19. The SMILES string of the molecule is C=C1CCC(Nc2nnc(-c3cc(C)c4cc(NCC(F)(F)F)cc(C(C)(C)C)c4n3)o2)CC1O. The van der Waals surface area contributed by atoms with E-state index in [1.807, 2.05) is 27.7 Å². The van der Waals surface area contributed by atoms with Crippen LogP contribution in [0.5, 0.6) is 0 Å². The largest absolute Gasteiger partial charge is 0.405 e. The summed E-state index contributed by atoms with van der Waals surface area (Å²) < 4.78 is 44.2. The van der Waals surface area contributed by atoms with E-state index < -0.39 is 18.8 Å². The molecule has 0 bridgehead atoms. The van der Waals surface area contributed by atoms with Crippen LogP contribution < -0.4 is 10.6 Å². The van der Waals surface area contributed by atoms with Gasteiger partial charge in [-0.2, -0.15) is 13.2 Å². The highest BCUT2D eigenvalue weighted by molar-refractivity contribution is 5.90. The summed E-state index contributed by atoms with van der Waals surface area (Å²) in [6, 6.07) is 5.42. The molecule has 0 saturated heterocycles. The molecule has 1 fully saturated rings. The molecule has 35 heavy (non-hydrogen) atoms. The number of benzene rings is 1. The van der Waals surface area contributed by atoms with Gasteiger partial charge in [-0.15, -0.1) is 5.10 Å². The van der Waals surface area contributed by atoms with Crippen molar-refractivity contribution in [1.82, 2.24) is 15.2 Å². The van der Waals surface area contributed by atoms with Crippen molar-refractivity contribution in [2.75, 3.05) is 17.2 Å². The number of fused-ring (bicyclic) bond motifs is 1. The van der Waals surface area contributed by atoms with Gasteiger partial charge in [0.15, 0.2) is 0 Å². The molecule has 2 unspecified atom stereocenters. The Morgan fingerprint density at radius 1 is 1.17 bits per heavy atom. The van der Waals surface area contributed by atoms with Gasteiger partial charge < -0.3 is 20.2 Å². The predicted molar refractivity (Wildman–Crippen MR) is 129 cm³/mol. The smallest absolute Gasteiger partial charge is 0.402 e. The number of aryl methyl sites for hydroxylation is 1. The lowest BCUT2D eigenvalue weighted by atomic mass is 9.84. The van der Waals surface area contributed by atoms with Crippen LogP contribution in [0.2, 0.25) is 0 Å². The second kappa shape index (κ2) is 9.14. The predicted octanol–water partition coefficient (Wildman–Crippen LogP) is 5.75. The number of hydrogen-bond acceptors (Lipinski definition) is 7. The van der Waals surface area contributed by atoms with E-state index in [1.54, 1.807) is 18.2 Å². The average molecular weight is 490 g/mol. The first-order valence-electron chi connectivity index (χ1n) is 11.5. The molecule has 2 heterocycles. The zero-order valence-electron chi connectivity index (χ0n) is 20.3. The highest BCUT2D eigenvalue weighted by Crippen LogP contribution is 2.36.